The van der Waals surface area contributed by atoms with E-state index in [1.807, 2.05) is 27.5 Å². The van der Waals surface area contributed by atoms with Gasteiger partial charge < -0.3 is 10.3 Å². The number of aromatic nitrogens is 4. The molecule has 0 unspecified atom stereocenters. The van der Waals surface area contributed by atoms with E-state index in [0.717, 1.165) is 24.0 Å². The Morgan fingerprint density at radius 1 is 1.36 bits per heavy atom. The molecule has 22 heavy (non-hydrogen) atoms. The summed E-state index contributed by atoms with van der Waals surface area (Å²) in [5, 5.41) is 12.3. The zero-order valence-electron chi connectivity index (χ0n) is 11.6. The fourth-order valence-electron chi connectivity index (χ4n) is 2.57. The predicted octanol–water partition coefficient (Wildman–Crippen LogP) is 2.50. The molecule has 7 heteroatoms. The Balaban J connectivity index is 1.99. The molecule has 3 aromatic heterocycles. The Hall–Kier alpha value is -2.54. The van der Waals surface area contributed by atoms with Crippen LogP contribution < -0.4 is 5.73 Å². The zero-order valence-corrected chi connectivity index (χ0v) is 12.5. The van der Waals surface area contributed by atoms with Crippen LogP contribution in [0.15, 0.2) is 35.4 Å². The van der Waals surface area contributed by atoms with E-state index in [1.165, 1.54) is 0 Å². The van der Waals surface area contributed by atoms with Crippen LogP contribution in [-0.4, -0.2) is 25.7 Å². The molecule has 0 aromatic carbocycles. The number of hydrogen-bond acceptors (Lipinski definition) is 5. The Morgan fingerprint density at radius 2 is 2.23 bits per heavy atom. The number of carbonyl (C=O) groups excluding carboxylic acids is 1. The van der Waals surface area contributed by atoms with Crippen molar-refractivity contribution in [3.8, 4) is 22.5 Å². The minimum atomic E-state index is -0.558. The van der Waals surface area contributed by atoms with Gasteiger partial charge in [-0.1, -0.05) is 0 Å². The van der Waals surface area contributed by atoms with E-state index in [1.54, 1.807) is 23.9 Å². The maximum Gasteiger partial charge on any atom is 0.268 e. The Morgan fingerprint density at radius 3 is 2.91 bits per heavy atom. The lowest BCUT2D eigenvalue weighted by molar-refractivity contribution is 0.0996. The number of nitrogens with two attached hydrogens (primary N) is 1. The van der Waals surface area contributed by atoms with Crippen LogP contribution >= 0.6 is 11.3 Å². The van der Waals surface area contributed by atoms with E-state index in [0.29, 0.717) is 17.4 Å². The monoisotopic (exact) mass is 311 g/mol. The van der Waals surface area contributed by atoms with Crippen LogP contribution in [0.5, 0.6) is 0 Å². The van der Waals surface area contributed by atoms with Crippen molar-refractivity contribution in [3.63, 3.8) is 0 Å². The molecule has 0 saturated heterocycles. The minimum Gasteiger partial charge on any atom is -0.364 e. The normalized spacial score (nSPS) is 14.2. The second kappa shape index (κ2) is 5.03. The van der Waals surface area contributed by atoms with Crippen LogP contribution in [0.3, 0.4) is 0 Å². The zero-order chi connectivity index (χ0) is 15.1. The summed E-state index contributed by atoms with van der Waals surface area (Å²) in [5.41, 5.74) is 8.35. The van der Waals surface area contributed by atoms with E-state index in [-0.39, 0.29) is 5.69 Å². The fourth-order valence-corrected chi connectivity index (χ4v) is 3.23. The summed E-state index contributed by atoms with van der Waals surface area (Å²) < 4.78 is 2.01. The molecule has 3 heterocycles. The van der Waals surface area contributed by atoms with Gasteiger partial charge >= 0.3 is 0 Å². The highest BCUT2D eigenvalue weighted by molar-refractivity contribution is 7.08. The van der Waals surface area contributed by atoms with Crippen LogP contribution in [0.2, 0.25) is 0 Å². The maximum atomic E-state index is 11.8. The van der Waals surface area contributed by atoms with E-state index in [2.05, 4.69) is 15.2 Å². The summed E-state index contributed by atoms with van der Waals surface area (Å²) in [6.45, 7) is 0. The largest absolute Gasteiger partial charge is 0.364 e. The highest BCUT2D eigenvalue weighted by atomic mass is 32.1. The third-order valence-corrected chi connectivity index (χ3v) is 4.44. The predicted molar refractivity (Wildman–Crippen MR) is 83.4 cm³/mol. The Kier molecular flexibility index (Phi) is 3.00. The molecule has 1 aliphatic carbocycles. The molecule has 4 rings (SSSR count). The fraction of sp³-hybridized carbons (Fsp3) is 0.200. The second-order valence-electron chi connectivity index (χ2n) is 5.25. The third-order valence-electron chi connectivity index (χ3n) is 3.75. The van der Waals surface area contributed by atoms with Crippen molar-refractivity contribution in [2.24, 2.45) is 5.73 Å². The average Bonchev–Trinajstić information content (AvgIpc) is 3.04. The smallest absolute Gasteiger partial charge is 0.268 e. The van der Waals surface area contributed by atoms with Crippen molar-refractivity contribution in [3.05, 3.63) is 41.1 Å². The Bertz CT molecular complexity index is 836. The number of pyridine rings is 1. The maximum absolute atomic E-state index is 11.8. The van der Waals surface area contributed by atoms with Crippen molar-refractivity contribution in [1.29, 1.82) is 0 Å². The molecule has 0 radical (unpaired) electrons. The van der Waals surface area contributed by atoms with Crippen LogP contribution in [0, 0.1) is 0 Å². The summed E-state index contributed by atoms with van der Waals surface area (Å²) in [6.07, 6.45) is 5.52. The van der Waals surface area contributed by atoms with Crippen molar-refractivity contribution < 1.29 is 4.79 Å². The number of rotatable bonds is 4. The molecule has 0 atom stereocenters. The highest BCUT2D eigenvalue weighted by Gasteiger charge is 2.29. The van der Waals surface area contributed by atoms with Gasteiger partial charge in [-0.25, -0.2) is 0 Å². The topological polar surface area (TPSA) is 86.7 Å². The van der Waals surface area contributed by atoms with Crippen LogP contribution in [0.25, 0.3) is 22.5 Å². The third kappa shape index (κ3) is 2.10. The lowest BCUT2D eigenvalue weighted by Gasteiger charge is -2.12. The molecule has 110 valence electrons. The Labute approximate surface area is 130 Å². The number of nitrogens with zero attached hydrogens (tertiary/aromatic N) is 4. The van der Waals surface area contributed by atoms with Crippen molar-refractivity contribution in [2.45, 2.75) is 18.9 Å². The number of hydrogen-bond donors (Lipinski definition) is 1. The minimum absolute atomic E-state index is 0.235. The summed E-state index contributed by atoms with van der Waals surface area (Å²) in [5.74, 6) is 0.100. The van der Waals surface area contributed by atoms with Gasteiger partial charge in [0.2, 0.25) is 0 Å². The van der Waals surface area contributed by atoms with E-state index in [4.69, 9.17) is 5.73 Å². The van der Waals surface area contributed by atoms with Crippen LogP contribution in [0.1, 0.15) is 29.4 Å². The molecule has 3 aromatic rings. The molecule has 1 aliphatic rings. The second-order valence-corrected chi connectivity index (χ2v) is 6.03. The SMILES string of the molecule is NC(=O)c1nccc(-c2ccsc2)c1-c1nncn1C1CC1. The summed E-state index contributed by atoms with van der Waals surface area (Å²) in [6, 6.07) is 4.29. The summed E-state index contributed by atoms with van der Waals surface area (Å²) in [7, 11) is 0. The van der Waals surface area contributed by atoms with Gasteiger partial charge in [-0.05, 0) is 46.9 Å². The molecule has 0 aliphatic heterocycles. The average molecular weight is 311 g/mol. The quantitative estimate of drug-likeness (QED) is 0.802. The lowest BCUT2D eigenvalue weighted by atomic mass is 10.00. The number of primary amides is 1. The molecule has 1 fully saturated rings. The molecular formula is C15H13N5OS. The number of amides is 1. The van der Waals surface area contributed by atoms with Crippen molar-refractivity contribution in [2.75, 3.05) is 0 Å². The van der Waals surface area contributed by atoms with Crippen molar-refractivity contribution >= 4 is 17.2 Å². The summed E-state index contributed by atoms with van der Waals surface area (Å²) in [4.78, 5) is 16.0. The molecule has 1 saturated carbocycles. The molecule has 0 spiro atoms. The molecule has 0 bridgehead atoms. The number of carbonyl (C=O) groups is 1. The van der Waals surface area contributed by atoms with Crippen molar-refractivity contribution in [1.82, 2.24) is 19.7 Å². The van der Waals surface area contributed by atoms with E-state index in [9.17, 15) is 4.79 Å². The molecule has 1 amide bonds. The lowest BCUT2D eigenvalue weighted by Crippen LogP contribution is -2.16. The van der Waals surface area contributed by atoms with Gasteiger partial charge in [-0.15, -0.1) is 10.2 Å². The van der Waals surface area contributed by atoms with Crippen LogP contribution in [0.4, 0.5) is 0 Å². The number of thiophene rings is 1. The van der Waals surface area contributed by atoms with Gasteiger partial charge in [0.05, 0.1) is 5.56 Å². The first-order valence-electron chi connectivity index (χ1n) is 6.97. The van der Waals surface area contributed by atoms with Gasteiger partial charge in [0.1, 0.15) is 12.0 Å². The highest BCUT2D eigenvalue weighted by Crippen LogP contribution is 2.40. The standard InChI is InChI=1S/C15H13N5OS/c16-14(21)13-12(15-19-18-8-20(15)10-1-2-10)11(3-5-17-13)9-4-6-22-7-9/h3-8,10H,1-2H2,(H2,16,21). The molecule has 2 N–H and O–H groups in total. The van der Waals surface area contributed by atoms with E-state index >= 15 is 0 Å². The van der Waals surface area contributed by atoms with Crippen LogP contribution in [-0.2, 0) is 0 Å². The first-order chi connectivity index (χ1) is 10.8. The van der Waals surface area contributed by atoms with Gasteiger partial charge in [-0.3, -0.25) is 9.78 Å². The van der Waals surface area contributed by atoms with Gasteiger partial charge in [0.15, 0.2) is 5.82 Å². The first-order valence-corrected chi connectivity index (χ1v) is 7.91. The molecule has 6 nitrogen and oxygen atoms in total. The first kappa shape index (κ1) is 13.1. The summed E-state index contributed by atoms with van der Waals surface area (Å²) >= 11 is 1.60. The van der Waals surface area contributed by atoms with E-state index < -0.39 is 5.91 Å². The van der Waals surface area contributed by atoms with Gasteiger partial charge in [0, 0.05) is 12.2 Å². The van der Waals surface area contributed by atoms with Gasteiger partial charge in [-0.2, -0.15) is 11.3 Å². The molecular weight excluding hydrogens is 298 g/mol. The van der Waals surface area contributed by atoms with Gasteiger partial charge in [0.25, 0.3) is 5.91 Å².